The minimum atomic E-state index is -0.360. The van der Waals surface area contributed by atoms with Gasteiger partial charge in [-0.1, -0.05) is 18.6 Å². The average Bonchev–Trinajstić information content (AvgIpc) is 3.10. The number of allylic oxidation sites excluding steroid dienone is 1. The van der Waals surface area contributed by atoms with E-state index in [0.717, 1.165) is 32.1 Å². The minimum absolute atomic E-state index is 0.0145. The Labute approximate surface area is 156 Å². The summed E-state index contributed by atoms with van der Waals surface area (Å²) in [4.78, 5) is 27.5. The van der Waals surface area contributed by atoms with Gasteiger partial charge in [-0.25, -0.2) is 0 Å². The summed E-state index contributed by atoms with van der Waals surface area (Å²) in [5.41, 5.74) is 1.63. The standard InChI is InChI=1S/C22H32N2O2/c1-21-10-8-14(24(2)3)12-13(21)4-5-15-16(21)9-11-22-17(15)6-7-18(22)19(25)23-20(22)26/h4,14-18H,5-12H2,1-3H3,(H,23,25,26)/t14-,15+,16-,17-,18+,21-,22+/m0/s1. The fraction of sp³-hybridized carbons (Fsp3) is 0.818. The Morgan fingerprint density at radius 2 is 1.88 bits per heavy atom. The molecule has 2 amide bonds. The van der Waals surface area contributed by atoms with E-state index in [1.165, 1.54) is 19.3 Å². The summed E-state index contributed by atoms with van der Waals surface area (Å²) in [6.07, 6.45) is 11.5. The topological polar surface area (TPSA) is 49.4 Å². The van der Waals surface area contributed by atoms with Gasteiger partial charge >= 0.3 is 0 Å². The average molecular weight is 357 g/mol. The van der Waals surface area contributed by atoms with Gasteiger partial charge in [0.1, 0.15) is 0 Å². The number of imide groups is 1. The monoisotopic (exact) mass is 356 g/mol. The van der Waals surface area contributed by atoms with Gasteiger partial charge in [0.05, 0.1) is 11.3 Å². The molecule has 0 aromatic carbocycles. The molecule has 26 heavy (non-hydrogen) atoms. The maximum Gasteiger partial charge on any atom is 0.233 e. The fourth-order valence-corrected chi connectivity index (χ4v) is 7.88. The number of fused-ring (bicyclic) bond motifs is 4. The predicted octanol–water partition coefficient (Wildman–Crippen LogP) is 3.13. The van der Waals surface area contributed by atoms with Crippen LogP contribution in [0.2, 0.25) is 0 Å². The lowest BCUT2D eigenvalue weighted by Crippen LogP contribution is -2.53. The lowest BCUT2D eigenvalue weighted by molar-refractivity contribution is -0.138. The summed E-state index contributed by atoms with van der Waals surface area (Å²) in [6.45, 7) is 2.51. The highest BCUT2D eigenvalue weighted by Crippen LogP contribution is 2.67. The van der Waals surface area contributed by atoms with Gasteiger partial charge < -0.3 is 4.90 Å². The number of carbonyl (C=O) groups is 2. The second-order valence-electron chi connectivity index (χ2n) is 10.1. The van der Waals surface area contributed by atoms with Crippen LogP contribution >= 0.6 is 0 Å². The first-order valence-electron chi connectivity index (χ1n) is 10.6. The van der Waals surface area contributed by atoms with Crippen LogP contribution in [0.1, 0.15) is 58.3 Å². The molecule has 7 atom stereocenters. The Morgan fingerprint density at radius 3 is 2.65 bits per heavy atom. The van der Waals surface area contributed by atoms with Crippen molar-refractivity contribution in [3.05, 3.63) is 11.6 Å². The van der Waals surface area contributed by atoms with Gasteiger partial charge in [-0.3, -0.25) is 14.9 Å². The SMILES string of the molecule is CN(C)[C@H]1CC[C@@]2(C)C(=CC[C@H]3[C@@H]4CC[C@@H]5C(=O)NC(=O)[C@@]54CC[C@@H]32)C1. The summed E-state index contributed by atoms with van der Waals surface area (Å²) in [6, 6.07) is 0.676. The van der Waals surface area contributed by atoms with Crippen molar-refractivity contribution in [1.29, 1.82) is 0 Å². The van der Waals surface area contributed by atoms with Crippen molar-refractivity contribution in [3.8, 4) is 0 Å². The largest absolute Gasteiger partial charge is 0.306 e. The predicted molar refractivity (Wildman–Crippen MR) is 100 cm³/mol. The molecule has 0 aromatic rings. The van der Waals surface area contributed by atoms with Crippen molar-refractivity contribution in [2.75, 3.05) is 14.1 Å². The third kappa shape index (κ3) is 1.95. The van der Waals surface area contributed by atoms with E-state index in [2.05, 4.69) is 37.3 Å². The van der Waals surface area contributed by atoms with Crippen LogP contribution in [-0.2, 0) is 9.59 Å². The first-order valence-corrected chi connectivity index (χ1v) is 10.6. The van der Waals surface area contributed by atoms with Crippen LogP contribution in [0.15, 0.2) is 11.6 Å². The molecule has 3 saturated carbocycles. The van der Waals surface area contributed by atoms with Gasteiger partial charge in [0.2, 0.25) is 11.8 Å². The Morgan fingerprint density at radius 1 is 1.08 bits per heavy atom. The van der Waals surface area contributed by atoms with E-state index in [1.54, 1.807) is 5.57 Å². The molecule has 1 N–H and O–H groups in total. The number of carbonyl (C=O) groups excluding carboxylic acids is 2. The number of hydrogen-bond acceptors (Lipinski definition) is 3. The van der Waals surface area contributed by atoms with Crippen LogP contribution in [0.5, 0.6) is 0 Å². The molecule has 1 heterocycles. The number of nitrogens with one attached hydrogen (secondary N) is 1. The van der Waals surface area contributed by atoms with Gasteiger partial charge in [0, 0.05) is 6.04 Å². The lowest BCUT2D eigenvalue weighted by Gasteiger charge is -2.57. The van der Waals surface area contributed by atoms with E-state index in [1.807, 2.05) is 0 Å². The molecule has 4 heteroatoms. The molecule has 0 unspecified atom stereocenters. The van der Waals surface area contributed by atoms with E-state index in [0.29, 0.717) is 29.2 Å². The molecule has 1 aliphatic heterocycles. The summed E-state index contributed by atoms with van der Waals surface area (Å²) in [5.74, 6) is 1.74. The van der Waals surface area contributed by atoms with Gasteiger partial charge in [0.25, 0.3) is 0 Å². The summed E-state index contributed by atoms with van der Waals surface area (Å²) < 4.78 is 0. The molecule has 0 radical (unpaired) electrons. The Balaban J connectivity index is 1.48. The van der Waals surface area contributed by atoms with Crippen molar-refractivity contribution < 1.29 is 9.59 Å². The number of rotatable bonds is 1. The van der Waals surface area contributed by atoms with E-state index >= 15 is 0 Å². The van der Waals surface area contributed by atoms with E-state index in [9.17, 15) is 9.59 Å². The Bertz CT molecular complexity index is 698. The van der Waals surface area contributed by atoms with Crippen molar-refractivity contribution in [2.45, 2.75) is 64.3 Å². The van der Waals surface area contributed by atoms with E-state index in [4.69, 9.17) is 0 Å². The number of amides is 2. The zero-order valence-electron chi connectivity index (χ0n) is 16.4. The first kappa shape index (κ1) is 17.0. The third-order valence-electron chi connectivity index (χ3n) is 9.30. The lowest BCUT2D eigenvalue weighted by atomic mass is 9.47. The molecule has 1 saturated heterocycles. The zero-order valence-corrected chi connectivity index (χ0v) is 16.4. The Kier molecular flexibility index (Phi) is 3.55. The molecule has 0 aromatic heterocycles. The van der Waals surface area contributed by atoms with Gasteiger partial charge in [-0.2, -0.15) is 0 Å². The van der Waals surface area contributed by atoms with Gasteiger partial charge in [0.15, 0.2) is 0 Å². The van der Waals surface area contributed by atoms with Crippen molar-refractivity contribution >= 4 is 11.8 Å². The second kappa shape index (κ2) is 5.43. The van der Waals surface area contributed by atoms with Gasteiger partial charge in [-0.15, -0.1) is 0 Å². The molecule has 0 bridgehead atoms. The highest BCUT2D eigenvalue weighted by molar-refractivity contribution is 6.08. The summed E-state index contributed by atoms with van der Waals surface area (Å²) in [5, 5.41) is 2.69. The molecular formula is C22H32N2O2. The van der Waals surface area contributed by atoms with Crippen LogP contribution in [0.25, 0.3) is 0 Å². The van der Waals surface area contributed by atoms with Gasteiger partial charge in [-0.05, 0) is 88.6 Å². The molecule has 4 nitrogen and oxygen atoms in total. The normalized spacial score (nSPS) is 49.8. The minimum Gasteiger partial charge on any atom is -0.306 e. The van der Waals surface area contributed by atoms with Crippen LogP contribution < -0.4 is 5.32 Å². The van der Waals surface area contributed by atoms with Crippen LogP contribution in [0.4, 0.5) is 0 Å². The second-order valence-corrected chi connectivity index (χ2v) is 10.1. The van der Waals surface area contributed by atoms with Crippen LogP contribution in [0.3, 0.4) is 0 Å². The van der Waals surface area contributed by atoms with Crippen LogP contribution in [0, 0.1) is 34.5 Å². The highest BCUT2D eigenvalue weighted by atomic mass is 16.2. The maximum atomic E-state index is 12.8. The molecule has 5 rings (SSSR count). The Hall–Kier alpha value is -1.16. The van der Waals surface area contributed by atoms with Crippen molar-refractivity contribution in [1.82, 2.24) is 10.2 Å². The maximum absolute atomic E-state index is 12.8. The molecular weight excluding hydrogens is 324 g/mol. The third-order valence-corrected chi connectivity index (χ3v) is 9.30. The molecule has 5 aliphatic rings. The fourth-order valence-electron chi connectivity index (χ4n) is 7.88. The smallest absolute Gasteiger partial charge is 0.233 e. The van der Waals surface area contributed by atoms with E-state index in [-0.39, 0.29) is 23.1 Å². The molecule has 1 spiro atoms. The van der Waals surface area contributed by atoms with Crippen molar-refractivity contribution in [2.24, 2.45) is 34.5 Å². The summed E-state index contributed by atoms with van der Waals surface area (Å²) >= 11 is 0. The van der Waals surface area contributed by atoms with Crippen LogP contribution in [-0.4, -0.2) is 36.9 Å². The molecule has 142 valence electrons. The molecule has 4 aliphatic carbocycles. The number of nitrogens with zero attached hydrogens (tertiary/aromatic N) is 1. The molecule has 4 fully saturated rings. The van der Waals surface area contributed by atoms with Crippen molar-refractivity contribution in [3.63, 3.8) is 0 Å². The number of hydrogen-bond donors (Lipinski definition) is 1. The highest BCUT2D eigenvalue weighted by Gasteiger charge is 2.67. The zero-order chi connectivity index (χ0) is 18.3. The van der Waals surface area contributed by atoms with E-state index < -0.39 is 0 Å². The quantitative estimate of drug-likeness (QED) is 0.580. The summed E-state index contributed by atoms with van der Waals surface area (Å²) in [7, 11) is 4.41. The first-order chi connectivity index (χ1) is 12.4.